The molecule has 2 aromatic heterocycles. The number of hydrogen-bond donors (Lipinski definition) is 2. The molecule has 0 spiro atoms. The molecule has 1 atom stereocenters. The van der Waals surface area contributed by atoms with Crippen LogP contribution in [0.4, 0.5) is 0 Å². The summed E-state index contributed by atoms with van der Waals surface area (Å²) in [6, 6.07) is 1.91. The summed E-state index contributed by atoms with van der Waals surface area (Å²) in [6.07, 6.45) is 0. The van der Waals surface area contributed by atoms with E-state index in [9.17, 15) is 4.79 Å². The third-order valence-electron chi connectivity index (χ3n) is 3.81. The Labute approximate surface area is 181 Å². The fraction of sp³-hybridized carbons (Fsp3) is 0.500. The topological polar surface area (TPSA) is 88.8 Å². The SMILES string of the molecule is CCOC(=O)c1sc(C(C)NC(=NC)NCc2cc(C)oc2C)nc1C.I. The second-order valence-corrected chi connectivity index (χ2v) is 6.95. The number of hydrogen-bond acceptors (Lipinski definition) is 6. The molecule has 0 bridgehead atoms. The summed E-state index contributed by atoms with van der Waals surface area (Å²) in [7, 11) is 1.71. The molecule has 9 heteroatoms. The molecule has 150 valence electrons. The number of aryl methyl sites for hydroxylation is 3. The third kappa shape index (κ3) is 6.20. The highest BCUT2D eigenvalue weighted by molar-refractivity contribution is 14.0. The molecule has 0 aliphatic carbocycles. The molecule has 0 saturated heterocycles. The third-order valence-corrected chi connectivity index (χ3v) is 5.13. The highest BCUT2D eigenvalue weighted by Gasteiger charge is 2.20. The van der Waals surface area contributed by atoms with Crippen molar-refractivity contribution in [3.8, 4) is 0 Å². The van der Waals surface area contributed by atoms with Gasteiger partial charge in [0.2, 0.25) is 0 Å². The zero-order valence-electron chi connectivity index (χ0n) is 16.5. The summed E-state index contributed by atoms with van der Waals surface area (Å²) in [5, 5.41) is 7.37. The number of carbonyl (C=O) groups excluding carboxylic acids is 1. The highest BCUT2D eigenvalue weighted by Crippen LogP contribution is 2.24. The van der Waals surface area contributed by atoms with Crippen LogP contribution in [0, 0.1) is 20.8 Å². The van der Waals surface area contributed by atoms with E-state index < -0.39 is 0 Å². The Bertz CT molecular complexity index is 801. The largest absolute Gasteiger partial charge is 0.466 e. The lowest BCUT2D eigenvalue weighted by atomic mass is 10.2. The Morgan fingerprint density at radius 3 is 2.67 bits per heavy atom. The summed E-state index contributed by atoms with van der Waals surface area (Å²) in [6.45, 7) is 10.4. The van der Waals surface area contributed by atoms with Crippen molar-refractivity contribution in [2.24, 2.45) is 4.99 Å². The van der Waals surface area contributed by atoms with Crippen molar-refractivity contribution in [1.29, 1.82) is 0 Å². The van der Waals surface area contributed by atoms with Crippen LogP contribution in [-0.2, 0) is 11.3 Å². The van der Waals surface area contributed by atoms with E-state index in [-0.39, 0.29) is 36.0 Å². The number of carbonyl (C=O) groups is 1. The van der Waals surface area contributed by atoms with Gasteiger partial charge in [0.1, 0.15) is 21.4 Å². The van der Waals surface area contributed by atoms with Crippen LogP contribution in [0.15, 0.2) is 15.5 Å². The molecule has 0 saturated carbocycles. The number of esters is 1. The van der Waals surface area contributed by atoms with E-state index in [1.54, 1.807) is 14.0 Å². The minimum Gasteiger partial charge on any atom is -0.466 e. The van der Waals surface area contributed by atoms with E-state index >= 15 is 0 Å². The van der Waals surface area contributed by atoms with Gasteiger partial charge in [0.15, 0.2) is 5.96 Å². The Balaban J connectivity index is 0.00000364. The van der Waals surface area contributed by atoms with Gasteiger partial charge in [-0.3, -0.25) is 4.99 Å². The summed E-state index contributed by atoms with van der Waals surface area (Å²) in [5.74, 6) is 2.11. The Kier molecular flexibility index (Phi) is 9.23. The average Bonchev–Trinajstić information content (AvgIpc) is 3.13. The molecule has 2 heterocycles. The Morgan fingerprint density at radius 2 is 2.11 bits per heavy atom. The molecule has 0 aromatic carbocycles. The van der Waals surface area contributed by atoms with Crippen molar-refractivity contribution < 1.29 is 13.9 Å². The predicted octanol–water partition coefficient (Wildman–Crippen LogP) is 3.88. The first-order chi connectivity index (χ1) is 12.3. The lowest BCUT2D eigenvalue weighted by Gasteiger charge is -2.16. The summed E-state index contributed by atoms with van der Waals surface area (Å²) in [4.78, 5) is 21.2. The number of thiazole rings is 1. The summed E-state index contributed by atoms with van der Waals surface area (Å²) in [5.41, 5.74) is 1.78. The van der Waals surface area contributed by atoms with Gasteiger partial charge in [0.25, 0.3) is 0 Å². The van der Waals surface area contributed by atoms with Crippen LogP contribution in [0.1, 0.15) is 57.3 Å². The van der Waals surface area contributed by atoms with Gasteiger partial charge in [-0.1, -0.05) is 0 Å². The molecule has 2 N–H and O–H groups in total. The number of guanidine groups is 1. The second kappa shape index (κ2) is 10.6. The monoisotopic (exact) mass is 506 g/mol. The number of halogens is 1. The van der Waals surface area contributed by atoms with Crippen molar-refractivity contribution in [1.82, 2.24) is 15.6 Å². The molecule has 0 fully saturated rings. The molecule has 0 aliphatic rings. The molecule has 0 aliphatic heterocycles. The average molecular weight is 506 g/mol. The zero-order chi connectivity index (χ0) is 19.3. The molecule has 1 unspecified atom stereocenters. The number of furan rings is 1. The summed E-state index contributed by atoms with van der Waals surface area (Å²) >= 11 is 1.34. The molecular weight excluding hydrogens is 479 g/mol. The molecule has 7 nitrogen and oxygen atoms in total. The van der Waals surface area contributed by atoms with Crippen LogP contribution in [0.25, 0.3) is 0 Å². The van der Waals surface area contributed by atoms with Gasteiger partial charge in [-0.15, -0.1) is 35.3 Å². The quantitative estimate of drug-likeness (QED) is 0.268. The minimum absolute atomic E-state index is 0. The standard InChI is InChI=1S/C18H26N4O3S.HI/c1-7-24-17(23)15-11(3)21-16(26-15)12(4)22-18(19-6)20-9-14-8-10(2)25-13(14)5;/h8,12H,7,9H2,1-6H3,(H2,19,20,22);1H. The van der Waals surface area contributed by atoms with Crippen molar-refractivity contribution in [3.63, 3.8) is 0 Å². The molecule has 0 radical (unpaired) electrons. The second-order valence-electron chi connectivity index (χ2n) is 5.92. The number of aliphatic imine (C=N–C) groups is 1. The van der Waals surface area contributed by atoms with Crippen LogP contribution in [0.2, 0.25) is 0 Å². The molecule has 0 amide bonds. The van der Waals surface area contributed by atoms with E-state index in [1.807, 2.05) is 33.8 Å². The van der Waals surface area contributed by atoms with Crippen LogP contribution >= 0.6 is 35.3 Å². The highest BCUT2D eigenvalue weighted by atomic mass is 127. The van der Waals surface area contributed by atoms with Gasteiger partial charge in [-0.2, -0.15) is 0 Å². The maximum absolute atomic E-state index is 12.0. The van der Waals surface area contributed by atoms with Crippen molar-refractivity contribution in [2.75, 3.05) is 13.7 Å². The van der Waals surface area contributed by atoms with Gasteiger partial charge in [-0.25, -0.2) is 9.78 Å². The Morgan fingerprint density at radius 1 is 1.41 bits per heavy atom. The van der Waals surface area contributed by atoms with Gasteiger partial charge in [0.05, 0.1) is 18.3 Å². The first-order valence-corrected chi connectivity index (χ1v) is 9.34. The first kappa shape index (κ1) is 23.4. The smallest absolute Gasteiger partial charge is 0.350 e. The number of nitrogens with one attached hydrogen (secondary N) is 2. The number of ether oxygens (including phenoxy) is 1. The lowest BCUT2D eigenvalue weighted by molar-refractivity contribution is 0.0531. The molecule has 27 heavy (non-hydrogen) atoms. The van der Waals surface area contributed by atoms with E-state index in [0.717, 1.165) is 22.1 Å². The van der Waals surface area contributed by atoms with Crippen LogP contribution < -0.4 is 10.6 Å². The maximum atomic E-state index is 12.0. The van der Waals surface area contributed by atoms with E-state index in [0.29, 0.717) is 29.7 Å². The van der Waals surface area contributed by atoms with Gasteiger partial charge in [0, 0.05) is 19.2 Å². The molecule has 2 aromatic rings. The zero-order valence-corrected chi connectivity index (χ0v) is 19.7. The number of aromatic nitrogens is 1. The van der Waals surface area contributed by atoms with Gasteiger partial charge >= 0.3 is 5.97 Å². The number of rotatable bonds is 6. The molecular formula is C18H27IN4O3S. The van der Waals surface area contributed by atoms with Crippen LogP contribution in [-0.4, -0.2) is 30.6 Å². The predicted molar refractivity (Wildman–Crippen MR) is 118 cm³/mol. The first-order valence-electron chi connectivity index (χ1n) is 8.53. The minimum atomic E-state index is -0.325. The lowest BCUT2D eigenvalue weighted by Crippen LogP contribution is -2.38. The van der Waals surface area contributed by atoms with E-state index in [2.05, 4.69) is 20.6 Å². The van der Waals surface area contributed by atoms with Crippen LogP contribution in [0.3, 0.4) is 0 Å². The van der Waals surface area contributed by atoms with Gasteiger partial charge < -0.3 is 19.8 Å². The normalized spacial score (nSPS) is 12.3. The van der Waals surface area contributed by atoms with Crippen LogP contribution in [0.5, 0.6) is 0 Å². The van der Waals surface area contributed by atoms with Gasteiger partial charge in [-0.05, 0) is 40.7 Å². The van der Waals surface area contributed by atoms with Crippen molar-refractivity contribution in [3.05, 3.63) is 38.7 Å². The van der Waals surface area contributed by atoms with Crippen molar-refractivity contribution in [2.45, 2.75) is 47.2 Å². The Hall–Kier alpha value is -1.62. The maximum Gasteiger partial charge on any atom is 0.350 e. The van der Waals surface area contributed by atoms with E-state index in [1.165, 1.54) is 11.3 Å². The fourth-order valence-electron chi connectivity index (χ4n) is 2.49. The van der Waals surface area contributed by atoms with E-state index in [4.69, 9.17) is 9.15 Å². The fourth-order valence-corrected chi connectivity index (χ4v) is 3.45. The number of nitrogens with zero attached hydrogens (tertiary/aromatic N) is 2. The summed E-state index contributed by atoms with van der Waals surface area (Å²) < 4.78 is 10.6. The van der Waals surface area contributed by atoms with Crippen molar-refractivity contribution >= 4 is 47.2 Å². The molecule has 2 rings (SSSR count).